The van der Waals surface area contributed by atoms with Gasteiger partial charge in [0, 0.05) is 11.7 Å². The predicted molar refractivity (Wildman–Crippen MR) is 125 cm³/mol. The van der Waals surface area contributed by atoms with Gasteiger partial charge in [-0.25, -0.2) is 0 Å². The molecular weight excluding hydrogens is 396 g/mol. The molecule has 3 rings (SSSR count). The molecule has 1 atom stereocenters. The van der Waals surface area contributed by atoms with Crippen molar-refractivity contribution in [2.45, 2.75) is 65.5 Å². The van der Waals surface area contributed by atoms with Crippen molar-refractivity contribution in [1.82, 2.24) is 4.57 Å². The molecule has 0 bridgehead atoms. The Kier molecular flexibility index (Phi) is 6.36. The van der Waals surface area contributed by atoms with Gasteiger partial charge in [-0.3, -0.25) is 14.2 Å². The molecule has 0 aliphatic carbocycles. The van der Waals surface area contributed by atoms with Crippen LogP contribution in [0, 0.1) is 0 Å². The normalized spacial score (nSPS) is 12.9. The van der Waals surface area contributed by atoms with Crippen molar-refractivity contribution in [3.63, 3.8) is 0 Å². The van der Waals surface area contributed by atoms with Gasteiger partial charge in [-0.15, -0.1) is 0 Å². The van der Waals surface area contributed by atoms with Gasteiger partial charge in [0.05, 0.1) is 10.2 Å². The average molecular weight is 427 g/mol. The zero-order valence-corrected chi connectivity index (χ0v) is 19.3. The number of carbonyl (C=O) groups is 1. The first kappa shape index (κ1) is 22.1. The van der Waals surface area contributed by atoms with Crippen molar-refractivity contribution in [2.24, 2.45) is 0 Å². The molecule has 0 unspecified atom stereocenters. The fraction of sp³-hybridized carbons (Fsp3) is 0.417. The van der Waals surface area contributed by atoms with Crippen LogP contribution < -0.4 is 14.9 Å². The number of fused-ring (bicyclic) bond motifs is 1. The molecule has 160 valence electrons. The fourth-order valence-corrected chi connectivity index (χ4v) is 4.40. The molecule has 0 aliphatic rings. The standard InChI is InChI=1S/C24H30N2O3S/c1-7-20(29-18-11-8-16(9-12-18)24(4,5)6)22(27)25-17-10-13-19-21(14-17)30-23(28)26(19)15(2)3/h8-15,20H,7H2,1-6H3,(H,25,27)/t20-/m1/s1. The highest BCUT2D eigenvalue weighted by Crippen LogP contribution is 2.26. The van der Waals surface area contributed by atoms with Crippen molar-refractivity contribution in [3.8, 4) is 5.75 Å². The first-order chi connectivity index (χ1) is 14.1. The lowest BCUT2D eigenvalue weighted by molar-refractivity contribution is -0.122. The molecule has 3 aromatic rings. The number of hydrogen-bond acceptors (Lipinski definition) is 4. The molecule has 6 heteroatoms. The van der Waals surface area contributed by atoms with E-state index in [1.807, 2.05) is 63.2 Å². The van der Waals surface area contributed by atoms with Gasteiger partial charge in [-0.2, -0.15) is 0 Å². The molecule has 1 aromatic heterocycles. The minimum atomic E-state index is -0.597. The third kappa shape index (κ3) is 4.75. The van der Waals surface area contributed by atoms with Gasteiger partial charge < -0.3 is 10.1 Å². The Hall–Kier alpha value is -2.60. The van der Waals surface area contributed by atoms with E-state index >= 15 is 0 Å². The number of carbonyl (C=O) groups excluding carboxylic acids is 1. The lowest BCUT2D eigenvalue weighted by Gasteiger charge is -2.21. The van der Waals surface area contributed by atoms with Crippen molar-refractivity contribution in [1.29, 1.82) is 0 Å². The summed E-state index contributed by atoms with van der Waals surface area (Å²) in [5.74, 6) is 0.472. The Morgan fingerprint density at radius 1 is 1.13 bits per heavy atom. The van der Waals surface area contributed by atoms with Crippen molar-refractivity contribution in [3.05, 3.63) is 57.7 Å². The van der Waals surface area contributed by atoms with Crippen LogP contribution in [0.2, 0.25) is 0 Å². The average Bonchev–Trinajstić information content (AvgIpc) is 3.00. The van der Waals surface area contributed by atoms with Gasteiger partial charge in [0.1, 0.15) is 5.75 Å². The summed E-state index contributed by atoms with van der Waals surface area (Å²) in [5, 5.41) is 2.93. The molecule has 30 heavy (non-hydrogen) atoms. The van der Waals surface area contributed by atoms with Crippen LogP contribution in [0.25, 0.3) is 10.2 Å². The van der Waals surface area contributed by atoms with Crippen LogP contribution in [0.4, 0.5) is 5.69 Å². The summed E-state index contributed by atoms with van der Waals surface area (Å²) < 4.78 is 8.57. The van der Waals surface area contributed by atoms with E-state index in [-0.39, 0.29) is 22.2 Å². The monoisotopic (exact) mass is 426 g/mol. The van der Waals surface area contributed by atoms with Crippen LogP contribution in [-0.2, 0) is 10.2 Å². The number of rotatable bonds is 6. The van der Waals surface area contributed by atoms with Crippen molar-refractivity contribution >= 4 is 33.1 Å². The zero-order chi connectivity index (χ0) is 22.1. The third-order valence-electron chi connectivity index (χ3n) is 5.06. The van der Waals surface area contributed by atoms with E-state index in [0.29, 0.717) is 17.9 Å². The quantitative estimate of drug-likeness (QED) is 0.547. The Balaban J connectivity index is 1.74. The number of ether oxygens (including phenoxy) is 1. The minimum Gasteiger partial charge on any atom is -0.481 e. The van der Waals surface area contributed by atoms with Gasteiger partial charge in [-0.05, 0) is 61.6 Å². The fourth-order valence-electron chi connectivity index (χ4n) is 3.35. The molecule has 0 saturated carbocycles. The van der Waals surface area contributed by atoms with E-state index in [0.717, 1.165) is 10.2 Å². The molecule has 2 aromatic carbocycles. The molecule has 0 fully saturated rings. The van der Waals surface area contributed by atoms with Crippen LogP contribution in [0.3, 0.4) is 0 Å². The maximum absolute atomic E-state index is 12.8. The Morgan fingerprint density at radius 2 is 1.80 bits per heavy atom. The first-order valence-corrected chi connectivity index (χ1v) is 11.1. The maximum Gasteiger partial charge on any atom is 0.308 e. The lowest BCUT2D eigenvalue weighted by Crippen LogP contribution is -2.32. The highest BCUT2D eigenvalue weighted by atomic mass is 32.1. The smallest absolute Gasteiger partial charge is 0.308 e. The van der Waals surface area contributed by atoms with E-state index in [2.05, 4.69) is 26.1 Å². The van der Waals surface area contributed by atoms with Crippen LogP contribution in [-0.4, -0.2) is 16.6 Å². The number of anilines is 1. The Bertz CT molecular complexity index is 1090. The molecule has 0 aliphatic heterocycles. The summed E-state index contributed by atoms with van der Waals surface area (Å²) in [5.41, 5.74) is 2.83. The number of nitrogens with zero attached hydrogens (tertiary/aromatic N) is 1. The van der Waals surface area contributed by atoms with Gasteiger partial charge in [-0.1, -0.05) is 51.2 Å². The van der Waals surface area contributed by atoms with Gasteiger partial charge in [0.2, 0.25) is 0 Å². The summed E-state index contributed by atoms with van der Waals surface area (Å²) in [6.45, 7) is 12.4. The molecule has 1 N–H and O–H groups in total. The Morgan fingerprint density at radius 3 is 2.37 bits per heavy atom. The van der Waals surface area contributed by atoms with Gasteiger partial charge >= 0.3 is 4.87 Å². The molecule has 0 radical (unpaired) electrons. The second-order valence-corrected chi connectivity index (χ2v) is 9.79. The van der Waals surface area contributed by atoms with Gasteiger partial charge in [0.15, 0.2) is 6.10 Å². The number of amides is 1. The molecule has 1 heterocycles. The highest BCUT2D eigenvalue weighted by Gasteiger charge is 2.20. The van der Waals surface area contributed by atoms with Crippen LogP contribution in [0.5, 0.6) is 5.75 Å². The van der Waals surface area contributed by atoms with E-state index in [4.69, 9.17) is 4.74 Å². The topological polar surface area (TPSA) is 60.3 Å². The van der Waals surface area contributed by atoms with Crippen molar-refractivity contribution in [2.75, 3.05) is 5.32 Å². The number of nitrogens with one attached hydrogen (secondary N) is 1. The van der Waals surface area contributed by atoms with E-state index < -0.39 is 6.10 Å². The van der Waals surface area contributed by atoms with E-state index in [9.17, 15) is 9.59 Å². The zero-order valence-electron chi connectivity index (χ0n) is 18.5. The van der Waals surface area contributed by atoms with E-state index in [1.165, 1.54) is 16.9 Å². The molecule has 0 saturated heterocycles. The lowest BCUT2D eigenvalue weighted by atomic mass is 9.87. The van der Waals surface area contributed by atoms with E-state index in [1.54, 1.807) is 4.57 Å². The largest absolute Gasteiger partial charge is 0.481 e. The SMILES string of the molecule is CC[C@@H](Oc1ccc(C(C)(C)C)cc1)C(=O)Nc1ccc2c(c1)sc(=O)n2C(C)C. The maximum atomic E-state index is 12.8. The van der Waals surface area contributed by atoms with Crippen LogP contribution in [0.1, 0.15) is 59.6 Å². The predicted octanol–water partition coefficient (Wildman–Crippen LogP) is 5.74. The van der Waals surface area contributed by atoms with Gasteiger partial charge in [0.25, 0.3) is 5.91 Å². The Labute approximate surface area is 181 Å². The summed E-state index contributed by atoms with van der Waals surface area (Å²) in [4.78, 5) is 25.0. The summed E-state index contributed by atoms with van der Waals surface area (Å²) in [6.07, 6.45) is -0.0493. The third-order valence-corrected chi connectivity index (χ3v) is 5.98. The molecule has 0 spiro atoms. The number of benzene rings is 2. The van der Waals surface area contributed by atoms with Crippen LogP contribution in [0.15, 0.2) is 47.3 Å². The second-order valence-electron chi connectivity index (χ2n) is 8.79. The highest BCUT2D eigenvalue weighted by molar-refractivity contribution is 7.16. The molecule has 5 nitrogen and oxygen atoms in total. The number of hydrogen-bond donors (Lipinski definition) is 1. The molecule has 1 amide bonds. The van der Waals surface area contributed by atoms with Crippen LogP contribution >= 0.6 is 11.3 Å². The minimum absolute atomic E-state index is 0.0111. The van der Waals surface area contributed by atoms with Crippen molar-refractivity contribution < 1.29 is 9.53 Å². The second kappa shape index (κ2) is 8.64. The number of aromatic nitrogens is 1. The summed E-state index contributed by atoms with van der Waals surface area (Å²) in [6, 6.07) is 13.6. The first-order valence-electron chi connectivity index (χ1n) is 10.3. The summed E-state index contributed by atoms with van der Waals surface area (Å²) >= 11 is 1.19. The summed E-state index contributed by atoms with van der Waals surface area (Å²) in [7, 11) is 0. The number of thiazole rings is 1. The molecular formula is C24H30N2O3S.